The van der Waals surface area contributed by atoms with Crippen molar-refractivity contribution in [3.05, 3.63) is 65.2 Å². The van der Waals surface area contributed by atoms with E-state index in [4.69, 9.17) is 16.3 Å². The molecule has 0 bridgehead atoms. The number of benzene rings is 2. The number of halogens is 1. The van der Waals surface area contributed by atoms with Crippen LogP contribution in [0.25, 0.3) is 0 Å². The summed E-state index contributed by atoms with van der Waals surface area (Å²) in [7, 11) is 0. The predicted octanol–water partition coefficient (Wildman–Crippen LogP) is 3.62. The number of hydrogen-bond acceptors (Lipinski definition) is 3. The van der Waals surface area contributed by atoms with Crippen LogP contribution in [0.3, 0.4) is 0 Å². The van der Waals surface area contributed by atoms with E-state index in [1.165, 1.54) is 0 Å². The molecule has 2 aromatic carbocycles. The molecule has 114 valence electrons. The molecule has 22 heavy (non-hydrogen) atoms. The maximum Gasteiger partial charge on any atom is 0.277 e. The molecule has 0 fully saturated rings. The lowest BCUT2D eigenvalue weighted by molar-refractivity contribution is -0.123. The van der Waals surface area contributed by atoms with Crippen molar-refractivity contribution in [1.29, 1.82) is 0 Å². The minimum absolute atomic E-state index is 0.0985. The van der Waals surface area contributed by atoms with Crippen LogP contribution >= 0.6 is 11.6 Å². The smallest absolute Gasteiger partial charge is 0.277 e. The number of hydrazone groups is 1. The summed E-state index contributed by atoms with van der Waals surface area (Å²) >= 11 is 5.77. The van der Waals surface area contributed by atoms with Gasteiger partial charge in [0.15, 0.2) is 6.61 Å². The zero-order chi connectivity index (χ0) is 15.8. The highest BCUT2D eigenvalue weighted by atomic mass is 35.5. The van der Waals surface area contributed by atoms with Crippen molar-refractivity contribution in [3.63, 3.8) is 0 Å². The highest BCUT2D eigenvalue weighted by Gasteiger charge is 2.03. The largest absolute Gasteiger partial charge is 0.484 e. The molecule has 5 heteroatoms. The van der Waals surface area contributed by atoms with E-state index in [-0.39, 0.29) is 18.4 Å². The highest BCUT2D eigenvalue weighted by Crippen LogP contribution is 2.15. The van der Waals surface area contributed by atoms with Crippen LogP contribution in [0.15, 0.2) is 59.7 Å². The first-order valence-electron chi connectivity index (χ1n) is 6.90. The fraction of sp³-hybridized carbons (Fsp3) is 0.176. The Kier molecular flexibility index (Phi) is 5.98. The quantitative estimate of drug-likeness (QED) is 0.653. The van der Waals surface area contributed by atoms with Crippen LogP contribution in [0, 0.1) is 0 Å². The van der Waals surface area contributed by atoms with Crippen LogP contribution in [0.2, 0.25) is 5.02 Å². The number of nitrogens with one attached hydrogen (secondary N) is 1. The second-order valence-corrected chi connectivity index (χ2v) is 5.19. The Morgan fingerprint density at radius 2 is 1.91 bits per heavy atom. The highest BCUT2D eigenvalue weighted by molar-refractivity contribution is 6.30. The van der Waals surface area contributed by atoms with E-state index in [2.05, 4.69) is 10.5 Å². The van der Waals surface area contributed by atoms with Crippen molar-refractivity contribution >= 4 is 23.7 Å². The Balaban J connectivity index is 1.75. The molecule has 2 rings (SSSR count). The van der Waals surface area contributed by atoms with Crippen LogP contribution in [0.4, 0.5) is 0 Å². The molecule has 0 aromatic heterocycles. The summed E-state index contributed by atoms with van der Waals surface area (Å²) in [6, 6.07) is 16.7. The summed E-state index contributed by atoms with van der Waals surface area (Å²) in [5.74, 6) is 0.395. The molecule has 0 aliphatic rings. The molecule has 0 saturated carbocycles. The van der Waals surface area contributed by atoms with Crippen molar-refractivity contribution in [3.8, 4) is 5.75 Å². The Morgan fingerprint density at radius 3 is 2.59 bits per heavy atom. The molecule has 0 radical (unpaired) electrons. The number of nitrogens with zero attached hydrogens (tertiary/aromatic N) is 1. The summed E-state index contributed by atoms with van der Waals surface area (Å²) in [6.45, 7) is 1.91. The van der Waals surface area contributed by atoms with E-state index >= 15 is 0 Å². The SMILES string of the molecule is C[C@H](/C=N\NC(=O)COc1ccc(Cl)cc1)c1ccccc1. The van der Waals surface area contributed by atoms with Gasteiger partial charge in [-0.2, -0.15) is 5.10 Å². The summed E-state index contributed by atoms with van der Waals surface area (Å²) < 4.78 is 5.32. The van der Waals surface area contributed by atoms with Crippen LogP contribution in [-0.4, -0.2) is 18.7 Å². The van der Waals surface area contributed by atoms with E-state index in [0.29, 0.717) is 10.8 Å². The number of amides is 1. The molecule has 1 atom stereocenters. The molecule has 0 aliphatic carbocycles. The van der Waals surface area contributed by atoms with Gasteiger partial charge in [-0.25, -0.2) is 5.43 Å². The molecular formula is C17H17ClN2O2. The van der Waals surface area contributed by atoms with Crippen LogP contribution in [0.1, 0.15) is 18.4 Å². The first-order chi connectivity index (χ1) is 10.6. The molecule has 0 aliphatic heterocycles. The van der Waals surface area contributed by atoms with Gasteiger partial charge in [-0.05, 0) is 29.8 Å². The average Bonchev–Trinajstić information content (AvgIpc) is 2.55. The van der Waals surface area contributed by atoms with E-state index in [9.17, 15) is 4.79 Å². The van der Waals surface area contributed by atoms with Gasteiger partial charge in [0.1, 0.15) is 5.75 Å². The summed E-state index contributed by atoms with van der Waals surface area (Å²) in [6.07, 6.45) is 1.69. The zero-order valence-electron chi connectivity index (χ0n) is 12.2. The summed E-state index contributed by atoms with van der Waals surface area (Å²) in [5.41, 5.74) is 3.58. The second kappa shape index (κ2) is 8.20. The number of hydrogen-bond donors (Lipinski definition) is 1. The van der Waals surface area contributed by atoms with Crippen LogP contribution < -0.4 is 10.2 Å². The lowest BCUT2D eigenvalue weighted by atomic mass is 10.0. The van der Waals surface area contributed by atoms with Gasteiger partial charge < -0.3 is 4.74 Å². The second-order valence-electron chi connectivity index (χ2n) is 4.76. The Bertz CT molecular complexity index is 627. The first kappa shape index (κ1) is 16.0. The van der Waals surface area contributed by atoms with Crippen LogP contribution in [0.5, 0.6) is 5.75 Å². The molecule has 2 aromatic rings. The van der Waals surface area contributed by atoms with Gasteiger partial charge in [-0.3, -0.25) is 4.79 Å². The third kappa shape index (κ3) is 5.22. The molecule has 1 amide bonds. The van der Waals surface area contributed by atoms with Crippen molar-refractivity contribution < 1.29 is 9.53 Å². The predicted molar refractivity (Wildman–Crippen MR) is 88.4 cm³/mol. The van der Waals surface area contributed by atoms with Gasteiger partial charge in [0.25, 0.3) is 5.91 Å². The van der Waals surface area contributed by atoms with Crippen LogP contribution in [-0.2, 0) is 4.79 Å². The summed E-state index contributed by atoms with van der Waals surface area (Å²) in [5, 5.41) is 4.57. The fourth-order valence-corrected chi connectivity index (χ4v) is 1.90. The van der Waals surface area contributed by atoms with E-state index in [1.54, 1.807) is 30.5 Å². The van der Waals surface area contributed by atoms with E-state index in [0.717, 1.165) is 5.56 Å². The Morgan fingerprint density at radius 1 is 1.23 bits per heavy atom. The van der Waals surface area contributed by atoms with E-state index < -0.39 is 0 Å². The van der Waals surface area contributed by atoms with Gasteiger partial charge in [-0.15, -0.1) is 0 Å². The fourth-order valence-electron chi connectivity index (χ4n) is 1.78. The van der Waals surface area contributed by atoms with Gasteiger partial charge in [0.2, 0.25) is 0 Å². The number of carbonyl (C=O) groups excluding carboxylic acids is 1. The molecule has 0 saturated heterocycles. The van der Waals surface area contributed by atoms with Crippen molar-refractivity contribution in [2.24, 2.45) is 5.10 Å². The maximum atomic E-state index is 11.6. The molecule has 0 heterocycles. The van der Waals surface area contributed by atoms with Gasteiger partial charge >= 0.3 is 0 Å². The van der Waals surface area contributed by atoms with Gasteiger partial charge in [0.05, 0.1) is 0 Å². The van der Waals surface area contributed by atoms with Gasteiger partial charge in [-0.1, -0.05) is 48.9 Å². The Hall–Kier alpha value is -2.33. The average molecular weight is 317 g/mol. The van der Waals surface area contributed by atoms with Crippen molar-refractivity contribution in [1.82, 2.24) is 5.43 Å². The number of carbonyl (C=O) groups is 1. The molecular weight excluding hydrogens is 300 g/mol. The first-order valence-corrected chi connectivity index (χ1v) is 7.28. The third-order valence-electron chi connectivity index (χ3n) is 3.00. The van der Waals surface area contributed by atoms with Crippen molar-refractivity contribution in [2.45, 2.75) is 12.8 Å². The minimum atomic E-state index is -0.313. The molecule has 0 unspecified atom stereocenters. The minimum Gasteiger partial charge on any atom is -0.484 e. The van der Waals surface area contributed by atoms with Crippen molar-refractivity contribution in [2.75, 3.05) is 6.61 Å². The number of rotatable bonds is 6. The normalized spacial score (nSPS) is 12.1. The topological polar surface area (TPSA) is 50.7 Å². The summed E-state index contributed by atoms with van der Waals surface area (Å²) in [4.78, 5) is 11.6. The molecule has 1 N–H and O–H groups in total. The van der Waals surface area contributed by atoms with E-state index in [1.807, 2.05) is 37.3 Å². The maximum absolute atomic E-state index is 11.6. The standard InChI is InChI=1S/C17H17ClN2O2/c1-13(14-5-3-2-4-6-14)11-19-20-17(21)12-22-16-9-7-15(18)8-10-16/h2-11,13H,12H2,1H3,(H,20,21)/b19-11-/t13-/m1/s1. The third-order valence-corrected chi connectivity index (χ3v) is 3.25. The lowest BCUT2D eigenvalue weighted by Crippen LogP contribution is -2.24. The lowest BCUT2D eigenvalue weighted by Gasteiger charge is -2.06. The monoisotopic (exact) mass is 316 g/mol. The zero-order valence-corrected chi connectivity index (χ0v) is 13.0. The molecule has 4 nitrogen and oxygen atoms in total. The Labute approximate surface area is 134 Å². The molecule has 0 spiro atoms. The number of ether oxygens (including phenoxy) is 1. The van der Waals surface area contributed by atoms with Gasteiger partial charge in [0, 0.05) is 17.2 Å².